The maximum Gasteiger partial charge on any atom is 0.335 e. The number of para-hydroxylation sites is 1. The van der Waals surface area contributed by atoms with E-state index in [4.69, 9.17) is 5.11 Å². The summed E-state index contributed by atoms with van der Waals surface area (Å²) >= 11 is 0. The quantitative estimate of drug-likeness (QED) is 0.299. The van der Waals surface area contributed by atoms with Crippen LogP contribution in [0.2, 0.25) is 0 Å². The third-order valence-electron chi connectivity index (χ3n) is 5.16. The lowest BCUT2D eigenvalue weighted by Crippen LogP contribution is -2.32. The van der Waals surface area contributed by atoms with Crippen molar-refractivity contribution in [1.29, 1.82) is 0 Å². The molecule has 0 bridgehead atoms. The fraction of sp³-hybridized carbons (Fsp3) is 0.538. The van der Waals surface area contributed by atoms with Crippen LogP contribution >= 0.6 is 0 Å². The summed E-state index contributed by atoms with van der Waals surface area (Å²) in [5.74, 6) is -1.62. The van der Waals surface area contributed by atoms with Gasteiger partial charge in [0.25, 0.3) is 0 Å². The zero-order valence-electron chi connectivity index (χ0n) is 18.6. The van der Waals surface area contributed by atoms with Crippen molar-refractivity contribution in [2.75, 3.05) is 0 Å². The lowest BCUT2D eigenvalue weighted by molar-refractivity contribution is -0.697. The Labute approximate surface area is 182 Å². The van der Waals surface area contributed by atoms with Crippen molar-refractivity contribution in [2.24, 2.45) is 0 Å². The summed E-state index contributed by atoms with van der Waals surface area (Å²) in [6.45, 7) is 3.47. The molecule has 4 heteroatoms. The number of carboxylic acid groups (broad SMARTS) is 1. The number of benzene rings is 1. The predicted molar refractivity (Wildman–Crippen MR) is 121 cm³/mol. The van der Waals surface area contributed by atoms with Crippen molar-refractivity contribution in [3.05, 3.63) is 60.4 Å². The molecule has 0 radical (unpaired) electrons. The molecule has 1 aromatic heterocycles. The zero-order valence-corrected chi connectivity index (χ0v) is 18.6. The molecule has 166 valence electrons. The van der Waals surface area contributed by atoms with E-state index in [9.17, 15) is 9.90 Å². The molecule has 0 aliphatic heterocycles. The van der Waals surface area contributed by atoms with E-state index in [-0.39, 0.29) is 5.56 Å². The van der Waals surface area contributed by atoms with Gasteiger partial charge in [0.15, 0.2) is 12.4 Å². The average Bonchev–Trinajstić information content (AvgIpc) is 2.76. The van der Waals surface area contributed by atoms with E-state index >= 15 is 0 Å². The number of hydrogen-bond acceptors (Lipinski definition) is 2. The van der Waals surface area contributed by atoms with Crippen molar-refractivity contribution in [3.8, 4) is 5.75 Å². The Balaban J connectivity index is 0.000000375. The fourth-order valence-corrected chi connectivity index (χ4v) is 3.36. The van der Waals surface area contributed by atoms with Gasteiger partial charge in [0, 0.05) is 18.6 Å². The first kappa shape index (κ1) is 25.7. The molecule has 0 aliphatic carbocycles. The van der Waals surface area contributed by atoms with Crippen molar-refractivity contribution in [3.63, 3.8) is 0 Å². The van der Waals surface area contributed by atoms with E-state index in [1.54, 1.807) is 0 Å². The lowest BCUT2D eigenvalue weighted by Gasteiger charge is -2.07. The number of carboxylic acids is 1. The van der Waals surface area contributed by atoms with Crippen LogP contribution in [0.5, 0.6) is 5.75 Å². The van der Waals surface area contributed by atoms with Gasteiger partial charge in [-0.15, -0.1) is 0 Å². The van der Waals surface area contributed by atoms with Crippen LogP contribution in [0, 0.1) is 0 Å². The van der Waals surface area contributed by atoms with Gasteiger partial charge >= 0.3 is 5.97 Å². The molecule has 1 aromatic carbocycles. The molecule has 0 saturated heterocycles. The van der Waals surface area contributed by atoms with E-state index in [2.05, 4.69) is 42.1 Å². The molecule has 0 unspecified atom stereocenters. The van der Waals surface area contributed by atoms with Gasteiger partial charge in [0.2, 0.25) is 0 Å². The van der Waals surface area contributed by atoms with Gasteiger partial charge in [-0.05, 0) is 12.5 Å². The van der Waals surface area contributed by atoms with Crippen molar-refractivity contribution >= 4 is 5.97 Å². The highest BCUT2D eigenvalue weighted by Crippen LogP contribution is 2.12. The number of carbonyl (C=O) groups is 1. The third kappa shape index (κ3) is 13.0. The van der Waals surface area contributed by atoms with Crippen LogP contribution in [0.1, 0.15) is 94.3 Å². The number of hydrogen-bond donors (Lipinski definition) is 1. The van der Waals surface area contributed by atoms with E-state index in [1.807, 2.05) is 0 Å². The average molecular weight is 414 g/mol. The summed E-state index contributed by atoms with van der Waals surface area (Å²) in [6.07, 6.45) is 21.4. The molecule has 2 rings (SSSR count). The molecule has 0 saturated carbocycles. The summed E-state index contributed by atoms with van der Waals surface area (Å²) in [4.78, 5) is 10.2. The summed E-state index contributed by atoms with van der Waals surface area (Å²) in [6, 6.07) is 11.8. The third-order valence-corrected chi connectivity index (χ3v) is 5.16. The van der Waals surface area contributed by atoms with E-state index in [0.717, 1.165) is 0 Å². The first-order chi connectivity index (χ1) is 14.6. The Morgan fingerprint density at radius 1 is 0.767 bits per heavy atom. The second-order valence-corrected chi connectivity index (χ2v) is 7.80. The number of aryl methyl sites for hydroxylation is 1. The van der Waals surface area contributed by atoms with Crippen LogP contribution in [0.25, 0.3) is 0 Å². The minimum Gasteiger partial charge on any atom is -0.872 e. The van der Waals surface area contributed by atoms with Gasteiger partial charge in [-0.25, -0.2) is 9.36 Å². The molecule has 0 fully saturated rings. The molecular weight excluding hydrogens is 374 g/mol. The number of unbranched alkanes of at least 4 members (excludes halogenated alkanes) is 11. The van der Waals surface area contributed by atoms with Gasteiger partial charge in [0.1, 0.15) is 6.54 Å². The molecule has 1 heterocycles. The molecule has 30 heavy (non-hydrogen) atoms. The molecule has 2 aromatic rings. The lowest BCUT2D eigenvalue weighted by atomic mass is 10.1. The van der Waals surface area contributed by atoms with Crippen molar-refractivity contribution < 1.29 is 19.6 Å². The van der Waals surface area contributed by atoms with Crippen LogP contribution in [0.15, 0.2) is 54.9 Å². The molecule has 0 amide bonds. The smallest absolute Gasteiger partial charge is 0.335 e. The summed E-state index contributed by atoms with van der Waals surface area (Å²) < 4.78 is 2.29. The monoisotopic (exact) mass is 413 g/mol. The number of pyridine rings is 1. The van der Waals surface area contributed by atoms with Gasteiger partial charge < -0.3 is 10.2 Å². The van der Waals surface area contributed by atoms with Gasteiger partial charge in [-0.2, -0.15) is 0 Å². The first-order valence-electron chi connectivity index (χ1n) is 11.6. The fourth-order valence-electron chi connectivity index (χ4n) is 3.36. The van der Waals surface area contributed by atoms with Crippen LogP contribution < -0.4 is 9.67 Å². The molecule has 4 nitrogen and oxygen atoms in total. The summed E-state index contributed by atoms with van der Waals surface area (Å²) in [7, 11) is 0. The highest BCUT2D eigenvalue weighted by molar-refractivity contribution is 5.90. The molecule has 1 N–H and O–H groups in total. The Kier molecular flexibility index (Phi) is 15.0. The van der Waals surface area contributed by atoms with Crippen LogP contribution in [-0.4, -0.2) is 11.1 Å². The minimum absolute atomic E-state index is 0.178. The van der Waals surface area contributed by atoms with E-state index in [1.165, 1.54) is 108 Å². The summed E-state index contributed by atoms with van der Waals surface area (Å²) in [5.41, 5.74) is -0.178. The normalized spacial score (nSPS) is 10.3. The van der Waals surface area contributed by atoms with E-state index in [0.29, 0.717) is 0 Å². The minimum atomic E-state index is -1.18. The van der Waals surface area contributed by atoms with E-state index < -0.39 is 11.7 Å². The first-order valence-corrected chi connectivity index (χ1v) is 11.6. The Morgan fingerprint density at radius 3 is 1.73 bits per heavy atom. The van der Waals surface area contributed by atoms with Gasteiger partial charge in [-0.1, -0.05) is 101 Å². The molecule has 0 atom stereocenters. The number of rotatable bonds is 14. The van der Waals surface area contributed by atoms with Crippen LogP contribution in [0.3, 0.4) is 0 Å². The van der Waals surface area contributed by atoms with Gasteiger partial charge in [-0.3, -0.25) is 0 Å². The maximum atomic E-state index is 10.7. The second kappa shape index (κ2) is 17.5. The number of aromatic carboxylic acids is 1. The van der Waals surface area contributed by atoms with Crippen molar-refractivity contribution in [2.45, 2.75) is 90.5 Å². The molecule has 0 aliphatic rings. The number of nitrogens with zero attached hydrogens (tertiary/aromatic N) is 1. The maximum absolute atomic E-state index is 10.7. The number of aromatic nitrogens is 1. The van der Waals surface area contributed by atoms with Crippen LogP contribution in [-0.2, 0) is 6.54 Å². The summed E-state index contributed by atoms with van der Waals surface area (Å²) in [5, 5.41) is 19.0. The van der Waals surface area contributed by atoms with Crippen molar-refractivity contribution in [1.82, 2.24) is 0 Å². The highest BCUT2D eigenvalue weighted by Gasteiger charge is 2.00. The standard InChI is InChI=1S/C19H34N.C7H6O3/c1-2-3-4-5-6-7-8-9-10-11-12-14-17-20-18-15-13-16-19-20;8-6-4-2-1-3-5(6)7(9)10/h13,15-16,18-19H,2-12,14,17H2,1H3;1-4,8H,(H,9,10)/q+1;/p-1. The predicted octanol–water partition coefficient (Wildman–Crippen LogP) is 6.13. The largest absolute Gasteiger partial charge is 0.872 e. The Morgan fingerprint density at radius 2 is 1.27 bits per heavy atom. The Bertz CT molecular complexity index is 673. The molecular formula is C26H39NO3. The zero-order chi connectivity index (χ0) is 21.9. The Hall–Kier alpha value is -2.36. The molecule has 0 spiro atoms. The topological polar surface area (TPSA) is 64.2 Å². The van der Waals surface area contributed by atoms with Gasteiger partial charge in [0.05, 0.1) is 5.56 Å². The second-order valence-electron chi connectivity index (χ2n) is 7.80. The highest BCUT2D eigenvalue weighted by atomic mass is 16.4. The SMILES string of the molecule is CCCCCCCCCCCCCC[n+]1ccccc1.O=C(O)c1ccccc1[O-]. The van der Waals surface area contributed by atoms with Crippen LogP contribution in [0.4, 0.5) is 0 Å².